The van der Waals surface area contributed by atoms with E-state index in [0.717, 1.165) is 37.1 Å². The van der Waals surface area contributed by atoms with Crippen molar-refractivity contribution in [1.29, 1.82) is 0 Å². The summed E-state index contributed by atoms with van der Waals surface area (Å²) in [6.45, 7) is 0. The van der Waals surface area contributed by atoms with Gasteiger partial charge in [-0.15, -0.1) is 0 Å². The Balaban J connectivity index is 1.82. The second-order valence-corrected chi connectivity index (χ2v) is 4.57. The molecule has 1 saturated carbocycles. The predicted molar refractivity (Wildman–Crippen MR) is 67.5 cm³/mol. The van der Waals surface area contributed by atoms with Crippen molar-refractivity contribution in [3.8, 4) is 11.4 Å². The molecule has 0 saturated heterocycles. The van der Waals surface area contributed by atoms with Gasteiger partial charge in [-0.1, -0.05) is 5.16 Å². The summed E-state index contributed by atoms with van der Waals surface area (Å²) in [6, 6.07) is 3.59. The van der Waals surface area contributed by atoms with E-state index in [1.165, 1.54) is 0 Å². The molecule has 0 aromatic carbocycles. The summed E-state index contributed by atoms with van der Waals surface area (Å²) in [7, 11) is 0. The van der Waals surface area contributed by atoms with Gasteiger partial charge in [-0.2, -0.15) is 4.98 Å². The molecule has 2 heterocycles. The van der Waals surface area contributed by atoms with Gasteiger partial charge in [0.25, 0.3) is 0 Å². The fraction of sp³-hybridized carbons (Fsp3) is 0.385. The lowest BCUT2D eigenvalue weighted by molar-refractivity contribution is 0.328. The number of hydrogen-bond acceptors (Lipinski definition) is 5. The van der Waals surface area contributed by atoms with Crippen LogP contribution in [0.4, 0.5) is 5.82 Å². The molecule has 5 nitrogen and oxygen atoms in total. The Labute approximate surface area is 105 Å². The van der Waals surface area contributed by atoms with Gasteiger partial charge in [-0.05, 0) is 44.2 Å². The topological polar surface area (TPSA) is 77.8 Å². The molecule has 2 N–H and O–H groups in total. The molecule has 5 heteroatoms. The van der Waals surface area contributed by atoms with Gasteiger partial charge in [-0.3, -0.25) is 0 Å². The second kappa shape index (κ2) is 4.76. The van der Waals surface area contributed by atoms with Gasteiger partial charge in [0.2, 0.25) is 11.7 Å². The Morgan fingerprint density at radius 2 is 2.06 bits per heavy atom. The largest absolute Gasteiger partial charge is 0.384 e. The number of rotatable bonds is 2. The van der Waals surface area contributed by atoms with Crippen LogP contribution in [0.5, 0.6) is 0 Å². The quantitative estimate of drug-likeness (QED) is 0.877. The van der Waals surface area contributed by atoms with Crippen LogP contribution in [0, 0.1) is 6.42 Å². The first kappa shape index (κ1) is 11.2. The highest BCUT2D eigenvalue weighted by Gasteiger charge is 2.21. The third kappa shape index (κ3) is 2.20. The first-order valence-corrected chi connectivity index (χ1v) is 6.20. The van der Waals surface area contributed by atoms with Crippen LogP contribution in [-0.2, 0) is 0 Å². The number of hydrogen-bond donors (Lipinski definition) is 1. The smallest absolute Gasteiger partial charge is 0.230 e. The highest BCUT2D eigenvalue weighted by Crippen LogP contribution is 2.31. The zero-order chi connectivity index (χ0) is 12.4. The van der Waals surface area contributed by atoms with Crippen molar-refractivity contribution in [2.75, 3.05) is 5.73 Å². The number of nitrogen functional groups attached to an aromatic ring is 1. The summed E-state index contributed by atoms with van der Waals surface area (Å²) in [6.07, 6.45) is 8.44. The fourth-order valence-electron chi connectivity index (χ4n) is 2.23. The average Bonchev–Trinajstić information content (AvgIpc) is 2.90. The van der Waals surface area contributed by atoms with Crippen LogP contribution in [-0.4, -0.2) is 15.1 Å². The highest BCUT2D eigenvalue weighted by molar-refractivity contribution is 5.54. The molecule has 1 aliphatic rings. The first-order chi connectivity index (χ1) is 8.83. The average molecular weight is 243 g/mol. The SMILES string of the molecule is Nc1ccc(-c2noc(C3CC[CH]CC3)n2)cn1. The molecule has 1 radical (unpaired) electrons. The monoisotopic (exact) mass is 243 g/mol. The Morgan fingerprint density at radius 3 is 2.78 bits per heavy atom. The Kier molecular flexibility index (Phi) is 2.96. The number of nitrogens with zero attached hydrogens (tertiary/aromatic N) is 3. The summed E-state index contributed by atoms with van der Waals surface area (Å²) < 4.78 is 5.35. The van der Waals surface area contributed by atoms with Crippen molar-refractivity contribution in [2.24, 2.45) is 0 Å². The van der Waals surface area contributed by atoms with E-state index in [4.69, 9.17) is 10.3 Å². The third-order valence-electron chi connectivity index (χ3n) is 3.27. The molecule has 0 aliphatic heterocycles. The molecule has 0 unspecified atom stereocenters. The van der Waals surface area contributed by atoms with E-state index in [9.17, 15) is 0 Å². The maximum Gasteiger partial charge on any atom is 0.230 e. The lowest BCUT2D eigenvalue weighted by atomic mass is 9.89. The van der Waals surface area contributed by atoms with Crippen molar-refractivity contribution in [3.63, 3.8) is 0 Å². The summed E-state index contributed by atoms with van der Waals surface area (Å²) in [5.74, 6) is 2.23. The third-order valence-corrected chi connectivity index (χ3v) is 3.27. The number of aromatic nitrogens is 3. The van der Waals surface area contributed by atoms with Crippen molar-refractivity contribution >= 4 is 5.82 Å². The molecule has 2 aromatic rings. The van der Waals surface area contributed by atoms with Crippen LogP contribution in [0.1, 0.15) is 37.5 Å². The molecule has 0 amide bonds. The fourth-order valence-corrected chi connectivity index (χ4v) is 2.23. The number of pyridine rings is 1. The second-order valence-electron chi connectivity index (χ2n) is 4.57. The number of anilines is 1. The Hall–Kier alpha value is -1.91. The van der Waals surface area contributed by atoms with Gasteiger partial charge in [0, 0.05) is 17.7 Å². The Bertz CT molecular complexity index is 514. The normalized spacial score (nSPS) is 16.9. The van der Waals surface area contributed by atoms with E-state index in [0.29, 0.717) is 17.6 Å². The predicted octanol–water partition coefficient (Wildman–Crippen LogP) is 2.58. The minimum Gasteiger partial charge on any atom is -0.384 e. The van der Waals surface area contributed by atoms with Crippen molar-refractivity contribution in [2.45, 2.75) is 31.6 Å². The van der Waals surface area contributed by atoms with Crippen LogP contribution in [0.25, 0.3) is 11.4 Å². The summed E-state index contributed by atoms with van der Waals surface area (Å²) in [4.78, 5) is 8.49. The maximum atomic E-state index is 5.55. The van der Waals surface area contributed by atoms with E-state index < -0.39 is 0 Å². The molecule has 2 aromatic heterocycles. The zero-order valence-corrected chi connectivity index (χ0v) is 10.0. The van der Waals surface area contributed by atoms with E-state index in [2.05, 4.69) is 21.5 Å². The molecule has 3 rings (SSSR count). The van der Waals surface area contributed by atoms with Crippen LogP contribution >= 0.6 is 0 Å². The molecule has 0 bridgehead atoms. The Morgan fingerprint density at radius 1 is 1.22 bits per heavy atom. The lowest BCUT2D eigenvalue weighted by Gasteiger charge is -2.16. The lowest BCUT2D eigenvalue weighted by Crippen LogP contribution is -2.05. The van der Waals surface area contributed by atoms with Crippen molar-refractivity contribution in [3.05, 3.63) is 30.6 Å². The van der Waals surface area contributed by atoms with Gasteiger partial charge in [0.1, 0.15) is 5.82 Å². The van der Waals surface area contributed by atoms with Gasteiger partial charge in [-0.25, -0.2) is 4.98 Å². The molecule has 93 valence electrons. The van der Waals surface area contributed by atoms with E-state index >= 15 is 0 Å². The molecule has 18 heavy (non-hydrogen) atoms. The molecule has 1 aliphatic carbocycles. The summed E-state index contributed by atoms with van der Waals surface area (Å²) in [5.41, 5.74) is 6.38. The van der Waals surface area contributed by atoms with E-state index in [-0.39, 0.29) is 0 Å². The minimum atomic E-state index is 0.401. The van der Waals surface area contributed by atoms with Crippen LogP contribution < -0.4 is 5.73 Å². The molecule has 0 atom stereocenters. The minimum absolute atomic E-state index is 0.401. The van der Waals surface area contributed by atoms with E-state index in [1.54, 1.807) is 12.3 Å². The highest BCUT2D eigenvalue weighted by atomic mass is 16.5. The van der Waals surface area contributed by atoms with Crippen molar-refractivity contribution < 1.29 is 4.52 Å². The standard InChI is InChI=1S/C13H15N4O/c14-11-7-6-10(8-15-11)12-16-13(18-17-12)9-4-2-1-3-5-9/h1,6-9H,2-5H2,(H2,14,15). The summed E-state index contributed by atoms with van der Waals surface area (Å²) in [5, 5.41) is 4.01. The van der Waals surface area contributed by atoms with Gasteiger partial charge < -0.3 is 10.3 Å². The zero-order valence-electron chi connectivity index (χ0n) is 10.0. The molecule has 0 spiro atoms. The van der Waals surface area contributed by atoms with Gasteiger partial charge in [0.05, 0.1) is 0 Å². The molecular formula is C13H15N4O. The maximum absolute atomic E-state index is 5.55. The van der Waals surface area contributed by atoms with Gasteiger partial charge >= 0.3 is 0 Å². The van der Waals surface area contributed by atoms with Crippen LogP contribution in [0.3, 0.4) is 0 Å². The van der Waals surface area contributed by atoms with Crippen LogP contribution in [0.15, 0.2) is 22.9 Å². The molecular weight excluding hydrogens is 228 g/mol. The number of nitrogens with two attached hydrogens (primary N) is 1. The van der Waals surface area contributed by atoms with Gasteiger partial charge in [0.15, 0.2) is 0 Å². The van der Waals surface area contributed by atoms with Crippen molar-refractivity contribution in [1.82, 2.24) is 15.1 Å². The van der Waals surface area contributed by atoms with E-state index in [1.807, 2.05) is 6.07 Å². The molecule has 1 fully saturated rings. The van der Waals surface area contributed by atoms with Crippen LogP contribution in [0.2, 0.25) is 0 Å². The first-order valence-electron chi connectivity index (χ1n) is 6.20. The summed E-state index contributed by atoms with van der Waals surface area (Å²) >= 11 is 0.